The topological polar surface area (TPSA) is 180 Å². The number of hydrogen-bond donors (Lipinski definition) is 4. The molecule has 12 nitrogen and oxygen atoms in total. The first-order chi connectivity index (χ1) is 17.3. The number of benzene rings is 3. The lowest BCUT2D eigenvalue weighted by atomic mass is 10.0. The summed E-state index contributed by atoms with van der Waals surface area (Å²) in [5, 5.41) is 34.2. The molecule has 3 aromatic carbocycles. The Kier molecular flexibility index (Phi) is 6.77. The zero-order chi connectivity index (χ0) is 25.7. The molecule has 1 atom stereocenters. The number of amides is 2. The molecule has 0 bridgehead atoms. The third-order valence-corrected chi connectivity index (χ3v) is 5.17. The van der Waals surface area contributed by atoms with Gasteiger partial charge < -0.3 is 10.4 Å². The molecule has 0 fully saturated rings. The second-order valence-corrected chi connectivity index (χ2v) is 7.49. The van der Waals surface area contributed by atoms with Gasteiger partial charge >= 0.3 is 0 Å². The molecule has 12 heteroatoms. The van der Waals surface area contributed by atoms with Crippen LogP contribution in [0.2, 0.25) is 0 Å². The Morgan fingerprint density at radius 1 is 1.06 bits per heavy atom. The van der Waals surface area contributed by atoms with Crippen LogP contribution in [0.1, 0.15) is 27.7 Å². The highest BCUT2D eigenvalue weighted by atomic mass is 16.6. The highest BCUT2D eigenvalue weighted by Gasteiger charge is 2.27. The van der Waals surface area contributed by atoms with Crippen LogP contribution in [0.4, 0.5) is 5.69 Å². The highest BCUT2D eigenvalue weighted by Crippen LogP contribution is 2.22. The van der Waals surface area contributed by atoms with Crippen LogP contribution in [0.5, 0.6) is 5.75 Å². The van der Waals surface area contributed by atoms with Crippen molar-refractivity contribution >= 4 is 34.5 Å². The molecule has 0 aliphatic rings. The fourth-order valence-corrected chi connectivity index (χ4v) is 3.41. The van der Waals surface area contributed by atoms with Crippen LogP contribution in [0.25, 0.3) is 10.8 Å². The maximum Gasteiger partial charge on any atom is 0.272 e. The van der Waals surface area contributed by atoms with E-state index in [4.69, 9.17) is 0 Å². The van der Waals surface area contributed by atoms with E-state index >= 15 is 0 Å². The van der Waals surface area contributed by atoms with Gasteiger partial charge in [-0.25, -0.2) is 10.5 Å². The van der Waals surface area contributed by atoms with Crippen LogP contribution in [-0.2, 0) is 4.79 Å². The minimum atomic E-state index is -1.38. The Morgan fingerprint density at radius 2 is 1.75 bits per heavy atom. The summed E-state index contributed by atoms with van der Waals surface area (Å²) < 4.78 is 0. The summed E-state index contributed by atoms with van der Waals surface area (Å²) in [6, 6.07) is 16.6. The van der Waals surface area contributed by atoms with E-state index in [0.717, 1.165) is 24.4 Å². The molecule has 0 aliphatic heterocycles. The lowest BCUT2D eigenvalue weighted by molar-refractivity contribution is -0.384. The molecule has 0 saturated heterocycles. The number of phenolic OH excluding ortho intramolecular Hbond substituents is 1. The predicted molar refractivity (Wildman–Crippen MR) is 130 cm³/mol. The van der Waals surface area contributed by atoms with Crippen LogP contribution in [0, 0.1) is 10.1 Å². The minimum Gasteiger partial charge on any atom is -0.507 e. The Balaban J connectivity index is 1.67. The van der Waals surface area contributed by atoms with Crippen molar-refractivity contribution in [3.63, 3.8) is 0 Å². The number of nitro benzene ring substituents is 1. The van der Waals surface area contributed by atoms with Crippen LogP contribution in [0.3, 0.4) is 0 Å². The van der Waals surface area contributed by atoms with Crippen molar-refractivity contribution in [1.29, 1.82) is 0 Å². The molecule has 0 radical (unpaired) electrons. The summed E-state index contributed by atoms with van der Waals surface area (Å²) in [5.41, 5.74) is 1.84. The number of nitrogens with one attached hydrogen (secondary N) is 3. The fourth-order valence-electron chi connectivity index (χ4n) is 3.41. The fraction of sp³-hybridized carbons (Fsp3) is 0.0417. The Labute approximate surface area is 202 Å². The van der Waals surface area contributed by atoms with Gasteiger partial charge in [0, 0.05) is 28.6 Å². The van der Waals surface area contributed by atoms with Gasteiger partial charge in [-0.2, -0.15) is 10.2 Å². The number of carbonyl (C=O) groups is 2. The van der Waals surface area contributed by atoms with E-state index in [1.54, 1.807) is 54.6 Å². The number of H-pyrrole nitrogens is 1. The van der Waals surface area contributed by atoms with Crippen molar-refractivity contribution in [3.05, 3.63) is 110 Å². The maximum atomic E-state index is 13.1. The van der Waals surface area contributed by atoms with E-state index in [2.05, 4.69) is 26.0 Å². The van der Waals surface area contributed by atoms with Crippen molar-refractivity contribution in [1.82, 2.24) is 20.9 Å². The zero-order valence-corrected chi connectivity index (χ0v) is 18.4. The number of phenols is 1. The molecule has 4 N–H and O–H groups in total. The van der Waals surface area contributed by atoms with Gasteiger partial charge in [-0.15, -0.1) is 0 Å². The number of hydrogen-bond acceptors (Lipinski definition) is 8. The molecule has 4 aromatic rings. The van der Waals surface area contributed by atoms with Gasteiger partial charge in [0.15, 0.2) is 6.04 Å². The molecule has 1 aromatic heterocycles. The summed E-state index contributed by atoms with van der Waals surface area (Å²) >= 11 is 0. The van der Waals surface area contributed by atoms with E-state index in [-0.39, 0.29) is 33.6 Å². The molecule has 1 unspecified atom stereocenters. The third kappa shape index (κ3) is 5.07. The predicted octanol–water partition coefficient (Wildman–Crippen LogP) is 2.16. The van der Waals surface area contributed by atoms with Gasteiger partial charge in [0.2, 0.25) is 0 Å². The molecule has 1 heterocycles. The van der Waals surface area contributed by atoms with Crippen molar-refractivity contribution in [2.24, 2.45) is 5.10 Å². The quantitative estimate of drug-likeness (QED) is 0.175. The van der Waals surface area contributed by atoms with E-state index in [1.165, 1.54) is 0 Å². The molecule has 0 aliphatic carbocycles. The van der Waals surface area contributed by atoms with Crippen molar-refractivity contribution in [3.8, 4) is 5.75 Å². The standard InChI is InChI=1S/C24H18N6O6/c31-19-11-10-16(30(35)36)12-15(19)13-25-28-24(34)21(26-22(32)14-6-2-1-3-7-14)20-17-8-4-5-9-18(17)23(33)29-27-20/h1-13,21,31H,(H,26,32)(H,28,34)(H,29,33)/b25-13-. The molecule has 0 saturated carbocycles. The number of nitrogens with zero attached hydrogens (tertiary/aromatic N) is 3. The number of aromatic hydroxyl groups is 1. The summed E-state index contributed by atoms with van der Waals surface area (Å²) in [7, 11) is 0. The van der Waals surface area contributed by atoms with Crippen LogP contribution < -0.4 is 16.3 Å². The first-order valence-electron chi connectivity index (χ1n) is 10.5. The SMILES string of the molecule is O=C(NC(C(=O)N/N=C\c1cc([N+](=O)[O-])ccc1O)c1n[nH]c(=O)c2ccccc12)c1ccccc1. The van der Waals surface area contributed by atoms with Crippen molar-refractivity contribution < 1.29 is 19.6 Å². The average molecular weight is 486 g/mol. The van der Waals surface area contributed by atoms with E-state index in [1.807, 2.05) is 0 Å². The molecule has 0 spiro atoms. The number of fused-ring (bicyclic) bond motifs is 1. The molecule has 4 rings (SSSR count). The van der Waals surface area contributed by atoms with Gasteiger partial charge in [-0.05, 0) is 24.3 Å². The smallest absolute Gasteiger partial charge is 0.272 e. The Hall–Kier alpha value is -5.39. The van der Waals surface area contributed by atoms with Gasteiger partial charge in [0.1, 0.15) is 11.4 Å². The molecule has 2 amide bonds. The second kappa shape index (κ2) is 10.3. The third-order valence-electron chi connectivity index (χ3n) is 5.17. The normalized spacial score (nSPS) is 11.8. The lowest BCUT2D eigenvalue weighted by Gasteiger charge is -2.18. The van der Waals surface area contributed by atoms with Gasteiger partial charge in [0.25, 0.3) is 23.1 Å². The monoisotopic (exact) mass is 486 g/mol. The number of carbonyl (C=O) groups excluding carboxylic acids is 2. The van der Waals surface area contributed by atoms with Crippen LogP contribution >= 0.6 is 0 Å². The van der Waals surface area contributed by atoms with Crippen LogP contribution in [0.15, 0.2) is 82.7 Å². The first kappa shape index (κ1) is 23.8. The first-order valence-corrected chi connectivity index (χ1v) is 10.5. The van der Waals surface area contributed by atoms with E-state index < -0.39 is 28.3 Å². The summed E-state index contributed by atoms with van der Waals surface area (Å²) in [5.74, 6) is -1.68. The highest BCUT2D eigenvalue weighted by molar-refractivity contribution is 5.99. The number of aromatic nitrogens is 2. The van der Waals surface area contributed by atoms with Gasteiger partial charge in [-0.3, -0.25) is 24.5 Å². The summed E-state index contributed by atoms with van der Waals surface area (Å²) in [6.07, 6.45) is 1.02. The molecule has 180 valence electrons. The number of hydrazone groups is 1. The largest absolute Gasteiger partial charge is 0.507 e. The number of aromatic amines is 1. The summed E-state index contributed by atoms with van der Waals surface area (Å²) in [6.45, 7) is 0. The van der Waals surface area contributed by atoms with Crippen LogP contribution in [-0.4, -0.2) is 38.3 Å². The summed E-state index contributed by atoms with van der Waals surface area (Å²) in [4.78, 5) is 48.5. The van der Waals surface area contributed by atoms with Gasteiger partial charge in [-0.1, -0.05) is 36.4 Å². The molecular formula is C24H18N6O6. The van der Waals surface area contributed by atoms with Gasteiger partial charge in [0.05, 0.1) is 16.5 Å². The minimum absolute atomic E-state index is 0.0120. The average Bonchev–Trinajstić information content (AvgIpc) is 2.89. The molecular weight excluding hydrogens is 468 g/mol. The van der Waals surface area contributed by atoms with Crippen molar-refractivity contribution in [2.45, 2.75) is 6.04 Å². The zero-order valence-electron chi connectivity index (χ0n) is 18.4. The number of non-ortho nitro benzene ring substituents is 1. The van der Waals surface area contributed by atoms with Crippen molar-refractivity contribution in [2.75, 3.05) is 0 Å². The second-order valence-electron chi connectivity index (χ2n) is 7.49. The number of nitro groups is 1. The molecule has 36 heavy (non-hydrogen) atoms. The Morgan fingerprint density at radius 3 is 2.47 bits per heavy atom. The lowest BCUT2D eigenvalue weighted by Crippen LogP contribution is -2.40. The Bertz CT molecular complexity index is 1550. The number of rotatable bonds is 7. The van der Waals surface area contributed by atoms with E-state index in [0.29, 0.717) is 5.39 Å². The van der Waals surface area contributed by atoms with E-state index in [9.17, 15) is 29.6 Å². The maximum absolute atomic E-state index is 13.1.